The number of rotatable bonds is 6. The Bertz CT molecular complexity index is 1060. The summed E-state index contributed by atoms with van der Waals surface area (Å²) in [7, 11) is 0. The quantitative estimate of drug-likeness (QED) is 0.516. The van der Waals surface area contributed by atoms with Crippen LogP contribution >= 0.6 is 11.3 Å². The normalized spacial score (nSPS) is 10.6. The van der Waals surface area contributed by atoms with Crippen LogP contribution in [0.25, 0.3) is 22.4 Å². The van der Waals surface area contributed by atoms with Crippen molar-refractivity contribution in [1.29, 1.82) is 0 Å². The maximum atomic E-state index is 12.5. The predicted molar refractivity (Wildman–Crippen MR) is 113 cm³/mol. The lowest BCUT2D eigenvalue weighted by atomic mass is 10.0. The molecule has 2 aromatic heterocycles. The molecule has 28 heavy (non-hydrogen) atoms. The second kappa shape index (κ2) is 8.59. The van der Waals surface area contributed by atoms with Crippen LogP contribution in [-0.2, 0) is 6.42 Å². The first-order valence-electron chi connectivity index (χ1n) is 9.08. The number of hydrogen-bond donors (Lipinski definition) is 1. The predicted octanol–water partition coefficient (Wildman–Crippen LogP) is 4.84. The van der Waals surface area contributed by atoms with Gasteiger partial charge in [0.25, 0.3) is 5.91 Å². The first-order valence-corrected chi connectivity index (χ1v) is 9.96. The third-order valence-corrected chi connectivity index (χ3v) is 5.27. The number of pyridine rings is 1. The van der Waals surface area contributed by atoms with Crippen molar-refractivity contribution in [3.63, 3.8) is 0 Å². The average molecular weight is 385 g/mol. The summed E-state index contributed by atoms with van der Waals surface area (Å²) in [5.41, 5.74) is 4.73. The molecule has 0 atom stereocenters. The van der Waals surface area contributed by atoms with Crippen molar-refractivity contribution in [3.05, 3.63) is 95.1 Å². The van der Waals surface area contributed by atoms with E-state index in [1.54, 1.807) is 23.7 Å². The highest BCUT2D eigenvalue weighted by Gasteiger charge is 2.08. The van der Waals surface area contributed by atoms with E-state index in [-0.39, 0.29) is 5.91 Å². The standard InChI is InChI=1S/C23H19N3OS/c27-23(19-9-4-8-18(14-19)17-6-2-1-3-7-17)25-13-11-22-26-21(16-28-22)20-10-5-12-24-15-20/h1-10,12,14-16H,11,13H2,(H,25,27). The van der Waals surface area contributed by atoms with Gasteiger partial charge in [-0.15, -0.1) is 11.3 Å². The van der Waals surface area contributed by atoms with Gasteiger partial charge in [-0.25, -0.2) is 4.98 Å². The van der Waals surface area contributed by atoms with E-state index in [1.807, 2.05) is 72.1 Å². The highest BCUT2D eigenvalue weighted by molar-refractivity contribution is 7.09. The Morgan fingerprint density at radius 1 is 0.929 bits per heavy atom. The molecule has 0 fully saturated rings. The van der Waals surface area contributed by atoms with Gasteiger partial charge in [0.1, 0.15) is 0 Å². The number of aromatic nitrogens is 2. The van der Waals surface area contributed by atoms with Crippen LogP contribution < -0.4 is 5.32 Å². The van der Waals surface area contributed by atoms with Crippen molar-refractivity contribution in [1.82, 2.24) is 15.3 Å². The van der Waals surface area contributed by atoms with Gasteiger partial charge in [0, 0.05) is 41.9 Å². The summed E-state index contributed by atoms with van der Waals surface area (Å²) in [6.07, 6.45) is 4.26. The molecule has 0 bridgehead atoms. The summed E-state index contributed by atoms with van der Waals surface area (Å²) < 4.78 is 0. The minimum Gasteiger partial charge on any atom is -0.352 e. The van der Waals surface area contributed by atoms with Crippen LogP contribution in [0.4, 0.5) is 0 Å². The minimum atomic E-state index is -0.0678. The van der Waals surface area contributed by atoms with Crippen LogP contribution in [0.1, 0.15) is 15.4 Å². The van der Waals surface area contributed by atoms with Gasteiger partial charge in [-0.3, -0.25) is 9.78 Å². The fourth-order valence-electron chi connectivity index (χ4n) is 2.93. The molecule has 138 valence electrons. The lowest BCUT2D eigenvalue weighted by Gasteiger charge is -2.07. The van der Waals surface area contributed by atoms with Crippen LogP contribution in [0.15, 0.2) is 84.5 Å². The highest BCUT2D eigenvalue weighted by Crippen LogP contribution is 2.21. The van der Waals surface area contributed by atoms with E-state index in [0.29, 0.717) is 18.5 Å². The van der Waals surface area contributed by atoms with Gasteiger partial charge in [-0.2, -0.15) is 0 Å². The van der Waals surface area contributed by atoms with Gasteiger partial charge >= 0.3 is 0 Å². The van der Waals surface area contributed by atoms with Gasteiger partial charge in [0.15, 0.2) is 0 Å². The van der Waals surface area contributed by atoms with Gasteiger partial charge in [0.05, 0.1) is 10.7 Å². The van der Waals surface area contributed by atoms with Gasteiger partial charge in [0.2, 0.25) is 0 Å². The smallest absolute Gasteiger partial charge is 0.251 e. The van der Waals surface area contributed by atoms with Gasteiger partial charge in [-0.1, -0.05) is 42.5 Å². The Labute approximate surface area is 167 Å². The molecule has 0 unspecified atom stereocenters. The lowest BCUT2D eigenvalue weighted by Crippen LogP contribution is -2.25. The third-order valence-electron chi connectivity index (χ3n) is 4.37. The number of carbonyl (C=O) groups is 1. The van der Waals surface area contributed by atoms with Crippen LogP contribution in [0.5, 0.6) is 0 Å². The summed E-state index contributed by atoms with van der Waals surface area (Å²) in [6, 6.07) is 21.6. The lowest BCUT2D eigenvalue weighted by molar-refractivity contribution is 0.0954. The fourth-order valence-corrected chi connectivity index (χ4v) is 3.74. The highest BCUT2D eigenvalue weighted by atomic mass is 32.1. The molecule has 0 aliphatic rings. The van der Waals surface area contributed by atoms with Crippen molar-refractivity contribution in [3.8, 4) is 22.4 Å². The van der Waals surface area contributed by atoms with Crippen molar-refractivity contribution >= 4 is 17.2 Å². The summed E-state index contributed by atoms with van der Waals surface area (Å²) in [6.45, 7) is 0.550. The SMILES string of the molecule is O=C(NCCc1nc(-c2cccnc2)cs1)c1cccc(-c2ccccc2)c1. The Kier molecular flexibility index (Phi) is 5.54. The molecule has 4 aromatic rings. The molecule has 4 rings (SSSR count). The van der Waals surface area contributed by atoms with Crippen molar-refractivity contribution in [2.24, 2.45) is 0 Å². The monoisotopic (exact) mass is 385 g/mol. The van der Waals surface area contributed by atoms with E-state index in [9.17, 15) is 4.79 Å². The maximum absolute atomic E-state index is 12.5. The molecule has 5 heteroatoms. The van der Waals surface area contributed by atoms with Gasteiger partial charge in [-0.05, 0) is 35.4 Å². The third kappa shape index (κ3) is 4.32. The molecule has 1 N–H and O–H groups in total. The summed E-state index contributed by atoms with van der Waals surface area (Å²) in [5, 5.41) is 6.01. The zero-order valence-electron chi connectivity index (χ0n) is 15.2. The minimum absolute atomic E-state index is 0.0678. The molecule has 0 aliphatic carbocycles. The maximum Gasteiger partial charge on any atom is 0.251 e. The fraction of sp³-hybridized carbons (Fsp3) is 0.0870. The number of amides is 1. The van der Waals surface area contributed by atoms with Crippen molar-refractivity contribution in [2.75, 3.05) is 6.54 Å². The largest absolute Gasteiger partial charge is 0.352 e. The van der Waals surface area contributed by atoms with E-state index in [0.717, 1.165) is 27.4 Å². The summed E-state index contributed by atoms with van der Waals surface area (Å²) >= 11 is 1.60. The van der Waals surface area contributed by atoms with Crippen LogP contribution in [-0.4, -0.2) is 22.4 Å². The number of nitrogens with zero attached hydrogens (tertiary/aromatic N) is 2. The molecule has 0 saturated heterocycles. The molecule has 0 spiro atoms. The van der Waals surface area contributed by atoms with Gasteiger partial charge < -0.3 is 5.32 Å². The summed E-state index contributed by atoms with van der Waals surface area (Å²) in [4.78, 5) is 21.3. The second-order valence-corrected chi connectivity index (χ2v) is 7.26. The molecule has 0 saturated carbocycles. The average Bonchev–Trinajstić information content (AvgIpc) is 3.24. The molecular formula is C23H19N3OS. The molecule has 1 amide bonds. The number of benzene rings is 2. The van der Waals surface area contributed by atoms with Crippen LogP contribution in [0, 0.1) is 0 Å². The number of nitrogens with one attached hydrogen (secondary N) is 1. The van der Waals surface area contributed by atoms with E-state index in [2.05, 4.69) is 15.3 Å². The second-order valence-electron chi connectivity index (χ2n) is 6.32. The van der Waals surface area contributed by atoms with Crippen molar-refractivity contribution < 1.29 is 4.79 Å². The Balaban J connectivity index is 1.36. The number of hydrogen-bond acceptors (Lipinski definition) is 4. The number of carbonyl (C=O) groups excluding carboxylic acids is 1. The van der Waals surface area contributed by atoms with E-state index >= 15 is 0 Å². The van der Waals surface area contributed by atoms with E-state index < -0.39 is 0 Å². The van der Waals surface area contributed by atoms with Crippen LogP contribution in [0.2, 0.25) is 0 Å². The zero-order chi connectivity index (χ0) is 19.2. The Morgan fingerprint density at radius 3 is 2.57 bits per heavy atom. The molecule has 2 aromatic carbocycles. The zero-order valence-corrected chi connectivity index (χ0v) is 16.0. The topological polar surface area (TPSA) is 54.9 Å². The molecular weight excluding hydrogens is 366 g/mol. The summed E-state index contributed by atoms with van der Waals surface area (Å²) in [5.74, 6) is -0.0678. The van der Waals surface area contributed by atoms with Crippen molar-refractivity contribution in [2.45, 2.75) is 6.42 Å². The molecule has 0 radical (unpaired) electrons. The van der Waals surface area contributed by atoms with Crippen LogP contribution in [0.3, 0.4) is 0 Å². The van der Waals surface area contributed by atoms with E-state index in [1.165, 1.54) is 0 Å². The Hall–Kier alpha value is -3.31. The molecule has 0 aliphatic heterocycles. The first-order chi connectivity index (χ1) is 13.8. The van der Waals surface area contributed by atoms with E-state index in [4.69, 9.17) is 0 Å². The molecule has 2 heterocycles. The molecule has 4 nitrogen and oxygen atoms in total. The first kappa shape index (κ1) is 18.1. The Morgan fingerprint density at radius 2 is 1.75 bits per heavy atom. The number of thiazole rings is 1.